The number of aliphatic carboxylic acids is 1. The second-order valence-corrected chi connectivity index (χ2v) is 3.34. The van der Waals surface area contributed by atoms with Crippen molar-refractivity contribution in [3.8, 4) is 11.5 Å². The fourth-order valence-corrected chi connectivity index (χ4v) is 1.36. The summed E-state index contributed by atoms with van der Waals surface area (Å²) in [5.74, 6) is 0.480. The Morgan fingerprint density at radius 3 is 2.76 bits per heavy atom. The summed E-state index contributed by atoms with van der Waals surface area (Å²) in [5.41, 5.74) is 0.881. The Bertz CT molecular complexity index is 410. The Balaban J connectivity index is 2.81. The van der Waals surface area contributed by atoms with Crippen LogP contribution >= 0.6 is 0 Å². The van der Waals surface area contributed by atoms with E-state index in [4.69, 9.17) is 14.6 Å². The topological polar surface area (TPSA) is 55.8 Å². The molecule has 0 heterocycles. The van der Waals surface area contributed by atoms with Crippen LogP contribution in [0, 0.1) is 0 Å². The van der Waals surface area contributed by atoms with Crippen LogP contribution in [-0.2, 0) is 4.79 Å². The molecular formula is C13H16O4. The second-order valence-electron chi connectivity index (χ2n) is 3.34. The van der Waals surface area contributed by atoms with Crippen LogP contribution < -0.4 is 9.47 Å². The van der Waals surface area contributed by atoms with Crippen LogP contribution in [0.3, 0.4) is 0 Å². The van der Waals surface area contributed by atoms with Gasteiger partial charge in [-0.25, -0.2) is 0 Å². The standard InChI is InChI=1S/C13H16O4/c1-3-17-11-8-7-10(9-12(11)16-2)5-4-6-13(14)15/h4-5,7-9H,3,6H2,1-2H3,(H,14,15)/b5-4+. The molecule has 0 aliphatic rings. The third kappa shape index (κ3) is 4.18. The van der Waals surface area contributed by atoms with Crippen LogP contribution in [0.1, 0.15) is 18.9 Å². The molecule has 0 aliphatic carbocycles. The van der Waals surface area contributed by atoms with Gasteiger partial charge < -0.3 is 14.6 Å². The van der Waals surface area contributed by atoms with E-state index in [1.54, 1.807) is 19.3 Å². The fraction of sp³-hybridized carbons (Fsp3) is 0.308. The maximum Gasteiger partial charge on any atom is 0.307 e. The van der Waals surface area contributed by atoms with E-state index in [1.165, 1.54) is 0 Å². The number of methoxy groups -OCH3 is 1. The Morgan fingerprint density at radius 2 is 2.18 bits per heavy atom. The first-order valence-electron chi connectivity index (χ1n) is 5.36. The third-order valence-electron chi connectivity index (χ3n) is 2.09. The number of benzene rings is 1. The molecule has 0 atom stereocenters. The van der Waals surface area contributed by atoms with E-state index in [-0.39, 0.29) is 6.42 Å². The van der Waals surface area contributed by atoms with Crippen LogP contribution in [0.2, 0.25) is 0 Å². The highest BCUT2D eigenvalue weighted by atomic mass is 16.5. The molecule has 4 nitrogen and oxygen atoms in total. The summed E-state index contributed by atoms with van der Waals surface area (Å²) < 4.78 is 10.6. The lowest BCUT2D eigenvalue weighted by atomic mass is 10.2. The van der Waals surface area contributed by atoms with Gasteiger partial charge in [-0.1, -0.05) is 18.2 Å². The minimum absolute atomic E-state index is 0.00945. The van der Waals surface area contributed by atoms with Crippen LogP contribution in [0.5, 0.6) is 11.5 Å². The van der Waals surface area contributed by atoms with Gasteiger partial charge in [0, 0.05) is 0 Å². The van der Waals surface area contributed by atoms with E-state index in [2.05, 4.69) is 0 Å². The summed E-state index contributed by atoms with van der Waals surface area (Å²) >= 11 is 0. The van der Waals surface area contributed by atoms with Crippen molar-refractivity contribution in [1.29, 1.82) is 0 Å². The summed E-state index contributed by atoms with van der Waals surface area (Å²) in [7, 11) is 1.57. The third-order valence-corrected chi connectivity index (χ3v) is 2.09. The molecule has 1 rings (SSSR count). The monoisotopic (exact) mass is 236 g/mol. The van der Waals surface area contributed by atoms with E-state index in [9.17, 15) is 4.79 Å². The number of carboxylic acid groups (broad SMARTS) is 1. The van der Waals surface area contributed by atoms with Gasteiger partial charge in [0.15, 0.2) is 11.5 Å². The number of carbonyl (C=O) groups is 1. The minimum Gasteiger partial charge on any atom is -0.493 e. The lowest BCUT2D eigenvalue weighted by Gasteiger charge is -2.09. The number of carboxylic acids is 1. The summed E-state index contributed by atoms with van der Waals surface area (Å²) in [6, 6.07) is 5.47. The molecule has 1 aromatic carbocycles. The molecule has 0 bridgehead atoms. The van der Waals surface area contributed by atoms with Crippen molar-refractivity contribution in [3.63, 3.8) is 0 Å². The van der Waals surface area contributed by atoms with E-state index >= 15 is 0 Å². The predicted octanol–water partition coefficient (Wildman–Crippen LogP) is 2.58. The molecule has 0 unspecified atom stereocenters. The summed E-state index contributed by atoms with van der Waals surface area (Å²) in [5, 5.41) is 8.51. The molecule has 0 aliphatic heterocycles. The molecule has 1 aromatic rings. The Morgan fingerprint density at radius 1 is 1.41 bits per heavy atom. The normalized spacial score (nSPS) is 10.5. The first-order valence-corrected chi connectivity index (χ1v) is 5.36. The van der Waals surface area contributed by atoms with Gasteiger partial charge in [0.05, 0.1) is 20.1 Å². The van der Waals surface area contributed by atoms with E-state index in [1.807, 2.05) is 25.1 Å². The van der Waals surface area contributed by atoms with Crippen molar-refractivity contribution >= 4 is 12.0 Å². The predicted molar refractivity (Wildman–Crippen MR) is 65.4 cm³/mol. The highest BCUT2D eigenvalue weighted by molar-refractivity contribution is 5.70. The Hall–Kier alpha value is -1.97. The maximum absolute atomic E-state index is 10.4. The quantitative estimate of drug-likeness (QED) is 0.824. The minimum atomic E-state index is -0.848. The van der Waals surface area contributed by atoms with Crippen LogP contribution in [0.4, 0.5) is 0 Å². The summed E-state index contributed by atoms with van der Waals surface area (Å²) in [4.78, 5) is 10.4. The van der Waals surface area contributed by atoms with Crippen LogP contribution in [0.25, 0.3) is 6.08 Å². The number of hydrogen-bond acceptors (Lipinski definition) is 3. The number of hydrogen-bond donors (Lipinski definition) is 1. The smallest absolute Gasteiger partial charge is 0.307 e. The van der Waals surface area contributed by atoms with E-state index in [0.29, 0.717) is 18.1 Å². The molecule has 92 valence electrons. The molecule has 4 heteroatoms. The molecular weight excluding hydrogens is 220 g/mol. The first-order chi connectivity index (χ1) is 8.17. The van der Waals surface area contributed by atoms with Gasteiger partial charge in [-0.3, -0.25) is 4.79 Å². The maximum atomic E-state index is 10.4. The lowest BCUT2D eigenvalue weighted by molar-refractivity contribution is -0.135. The van der Waals surface area contributed by atoms with E-state index in [0.717, 1.165) is 5.56 Å². The van der Waals surface area contributed by atoms with Crippen LogP contribution in [-0.4, -0.2) is 24.8 Å². The average molecular weight is 236 g/mol. The van der Waals surface area contributed by atoms with Gasteiger partial charge in [0.2, 0.25) is 0 Å². The van der Waals surface area contributed by atoms with Crippen LogP contribution in [0.15, 0.2) is 24.3 Å². The van der Waals surface area contributed by atoms with Crippen molar-refractivity contribution in [1.82, 2.24) is 0 Å². The van der Waals surface area contributed by atoms with E-state index < -0.39 is 5.97 Å². The summed E-state index contributed by atoms with van der Waals surface area (Å²) in [6.07, 6.45) is 3.35. The van der Waals surface area contributed by atoms with Crippen molar-refractivity contribution in [3.05, 3.63) is 29.8 Å². The zero-order valence-corrected chi connectivity index (χ0v) is 9.97. The second kappa shape index (κ2) is 6.58. The largest absolute Gasteiger partial charge is 0.493 e. The molecule has 0 radical (unpaired) electrons. The van der Waals surface area contributed by atoms with Gasteiger partial charge in [-0.05, 0) is 24.6 Å². The van der Waals surface area contributed by atoms with Gasteiger partial charge >= 0.3 is 5.97 Å². The number of ether oxygens (including phenoxy) is 2. The van der Waals surface area contributed by atoms with Gasteiger partial charge in [-0.15, -0.1) is 0 Å². The number of rotatable bonds is 6. The molecule has 0 spiro atoms. The average Bonchev–Trinajstić information content (AvgIpc) is 2.30. The molecule has 0 fully saturated rings. The van der Waals surface area contributed by atoms with Crippen molar-refractivity contribution in [2.24, 2.45) is 0 Å². The van der Waals surface area contributed by atoms with Gasteiger partial charge in [0.1, 0.15) is 0 Å². The molecule has 1 N–H and O–H groups in total. The first kappa shape index (κ1) is 13.1. The highest BCUT2D eigenvalue weighted by Gasteiger charge is 2.03. The SMILES string of the molecule is CCOc1ccc(/C=C/CC(=O)O)cc1OC. The van der Waals surface area contributed by atoms with Gasteiger partial charge in [0.25, 0.3) is 0 Å². The fourth-order valence-electron chi connectivity index (χ4n) is 1.36. The van der Waals surface area contributed by atoms with Crippen molar-refractivity contribution < 1.29 is 19.4 Å². The highest BCUT2D eigenvalue weighted by Crippen LogP contribution is 2.28. The molecule has 17 heavy (non-hydrogen) atoms. The molecule has 0 amide bonds. The van der Waals surface area contributed by atoms with Crippen molar-refractivity contribution in [2.75, 3.05) is 13.7 Å². The molecule has 0 saturated heterocycles. The lowest BCUT2D eigenvalue weighted by Crippen LogP contribution is -1.95. The zero-order chi connectivity index (χ0) is 12.7. The molecule has 0 aromatic heterocycles. The van der Waals surface area contributed by atoms with Crippen molar-refractivity contribution in [2.45, 2.75) is 13.3 Å². The Kier molecular flexibility index (Phi) is 5.07. The Labute approximate surface area is 100 Å². The summed E-state index contributed by atoms with van der Waals surface area (Å²) in [6.45, 7) is 2.48. The van der Waals surface area contributed by atoms with Gasteiger partial charge in [-0.2, -0.15) is 0 Å². The molecule has 0 saturated carbocycles. The zero-order valence-electron chi connectivity index (χ0n) is 9.97.